The molecule has 3 rings (SSSR count). The van der Waals surface area contributed by atoms with Gasteiger partial charge in [-0.15, -0.1) is 11.3 Å². The van der Waals surface area contributed by atoms with Gasteiger partial charge in [-0.1, -0.05) is 6.07 Å². The molecule has 1 aliphatic heterocycles. The Bertz CT molecular complexity index is 665. The van der Waals surface area contributed by atoms with E-state index in [1.807, 2.05) is 11.0 Å². The van der Waals surface area contributed by atoms with Gasteiger partial charge in [0.15, 0.2) is 0 Å². The second kappa shape index (κ2) is 6.09. The second-order valence-corrected chi connectivity index (χ2v) is 6.05. The molecule has 2 heterocycles. The van der Waals surface area contributed by atoms with E-state index in [2.05, 4.69) is 5.32 Å². The number of fused-ring (bicyclic) bond motifs is 1. The lowest BCUT2D eigenvalue weighted by Gasteiger charge is -2.27. The average Bonchev–Trinajstić information content (AvgIpc) is 2.88. The normalized spacial score (nSPS) is 15.6. The molecule has 0 aliphatic carbocycles. The average molecular weight is 308 g/mol. The van der Waals surface area contributed by atoms with Gasteiger partial charge in [0.1, 0.15) is 5.82 Å². The Kier molecular flexibility index (Phi) is 4.19. The highest BCUT2D eigenvalue weighted by Crippen LogP contribution is 2.34. The molecule has 0 radical (unpaired) electrons. The zero-order valence-electron chi connectivity index (χ0n) is 11.8. The molecule has 1 amide bonds. The maximum Gasteiger partial charge on any atom is 0.264 e. The predicted octanol–water partition coefficient (Wildman–Crippen LogP) is 2.23. The van der Waals surface area contributed by atoms with Crippen molar-refractivity contribution in [2.24, 2.45) is 0 Å². The summed E-state index contributed by atoms with van der Waals surface area (Å²) in [7, 11) is 1.56. The zero-order valence-corrected chi connectivity index (χ0v) is 12.6. The molecular formula is C15H17FN2O2S. The first-order chi connectivity index (χ1) is 10.2. The number of methoxy groups -OCH3 is 1. The van der Waals surface area contributed by atoms with Gasteiger partial charge in [0.25, 0.3) is 5.91 Å². The molecule has 0 unspecified atom stereocenters. The number of thiophene rings is 1. The minimum absolute atomic E-state index is 0.0239. The van der Waals surface area contributed by atoms with Crippen LogP contribution in [-0.4, -0.2) is 44.1 Å². The van der Waals surface area contributed by atoms with E-state index in [-0.39, 0.29) is 18.3 Å². The summed E-state index contributed by atoms with van der Waals surface area (Å²) in [6, 6.07) is 4.94. The van der Waals surface area contributed by atoms with Crippen molar-refractivity contribution in [1.82, 2.24) is 10.2 Å². The van der Waals surface area contributed by atoms with E-state index in [9.17, 15) is 9.18 Å². The summed E-state index contributed by atoms with van der Waals surface area (Å²) in [4.78, 5) is 15.1. The van der Waals surface area contributed by atoms with Crippen molar-refractivity contribution in [3.05, 3.63) is 34.5 Å². The van der Waals surface area contributed by atoms with Crippen LogP contribution in [0, 0.1) is 5.82 Å². The van der Waals surface area contributed by atoms with Crippen molar-refractivity contribution in [2.45, 2.75) is 6.61 Å². The number of nitrogens with zero attached hydrogens (tertiary/aromatic N) is 1. The van der Waals surface area contributed by atoms with Gasteiger partial charge in [-0.05, 0) is 12.1 Å². The molecule has 1 fully saturated rings. The molecule has 6 heteroatoms. The fourth-order valence-electron chi connectivity index (χ4n) is 2.63. The van der Waals surface area contributed by atoms with Gasteiger partial charge in [-0.3, -0.25) is 4.79 Å². The van der Waals surface area contributed by atoms with Crippen LogP contribution in [0.4, 0.5) is 4.39 Å². The van der Waals surface area contributed by atoms with Gasteiger partial charge in [-0.25, -0.2) is 4.39 Å². The lowest BCUT2D eigenvalue weighted by Crippen LogP contribution is -2.46. The van der Waals surface area contributed by atoms with Crippen LogP contribution >= 0.6 is 11.3 Å². The fraction of sp³-hybridized carbons (Fsp3) is 0.400. The topological polar surface area (TPSA) is 41.6 Å². The molecular weight excluding hydrogens is 291 g/mol. The number of hydrogen-bond acceptors (Lipinski definition) is 4. The first kappa shape index (κ1) is 14.4. The maximum atomic E-state index is 14.1. The van der Waals surface area contributed by atoms with E-state index in [0.29, 0.717) is 28.9 Å². The van der Waals surface area contributed by atoms with Gasteiger partial charge < -0.3 is 15.0 Å². The van der Waals surface area contributed by atoms with Crippen LogP contribution in [-0.2, 0) is 11.3 Å². The van der Waals surface area contributed by atoms with Gasteiger partial charge >= 0.3 is 0 Å². The highest BCUT2D eigenvalue weighted by atomic mass is 32.1. The molecule has 21 heavy (non-hydrogen) atoms. The van der Waals surface area contributed by atoms with Gasteiger partial charge in [-0.2, -0.15) is 0 Å². The molecule has 0 atom stereocenters. The Morgan fingerprint density at radius 3 is 2.90 bits per heavy atom. The summed E-state index contributed by atoms with van der Waals surface area (Å²) < 4.78 is 20.1. The Hall–Kier alpha value is -1.50. The third-order valence-corrected chi connectivity index (χ3v) is 4.84. The second-order valence-electron chi connectivity index (χ2n) is 5.00. The molecule has 1 aromatic carbocycles. The first-order valence-corrected chi connectivity index (χ1v) is 7.73. The highest BCUT2D eigenvalue weighted by Gasteiger charge is 2.25. The summed E-state index contributed by atoms with van der Waals surface area (Å²) in [5.74, 6) is -0.320. The van der Waals surface area contributed by atoms with Gasteiger partial charge in [0, 0.05) is 48.9 Å². The van der Waals surface area contributed by atoms with Crippen molar-refractivity contribution in [1.29, 1.82) is 0 Å². The fourth-order valence-corrected chi connectivity index (χ4v) is 3.82. The monoisotopic (exact) mass is 308 g/mol. The number of carbonyl (C=O) groups is 1. The molecule has 0 spiro atoms. The number of halogens is 1. The van der Waals surface area contributed by atoms with E-state index < -0.39 is 0 Å². The lowest BCUT2D eigenvalue weighted by atomic mass is 10.1. The number of piperazine rings is 1. The van der Waals surface area contributed by atoms with E-state index >= 15 is 0 Å². The summed E-state index contributed by atoms with van der Waals surface area (Å²) in [6.45, 7) is 3.20. The lowest BCUT2D eigenvalue weighted by molar-refractivity contribution is 0.0736. The Balaban J connectivity index is 2.06. The Morgan fingerprint density at radius 2 is 2.19 bits per heavy atom. The van der Waals surface area contributed by atoms with Crippen LogP contribution in [0.3, 0.4) is 0 Å². The molecule has 112 valence electrons. The smallest absolute Gasteiger partial charge is 0.264 e. The minimum atomic E-state index is -0.296. The van der Waals surface area contributed by atoms with Crippen molar-refractivity contribution in [3.63, 3.8) is 0 Å². The van der Waals surface area contributed by atoms with Gasteiger partial charge in [0.2, 0.25) is 0 Å². The molecule has 2 aromatic rings. The number of benzene rings is 1. The summed E-state index contributed by atoms with van der Waals surface area (Å²) in [5.41, 5.74) is 0.666. The van der Waals surface area contributed by atoms with Crippen LogP contribution in [0.1, 0.15) is 15.2 Å². The standard InChI is InChI=1S/C15H17FN2O2S/c1-20-9-10-13-11(16)3-2-4-12(13)21-14(10)15(19)18-7-5-17-6-8-18/h2-4,17H,5-9H2,1H3. The van der Waals surface area contributed by atoms with Crippen LogP contribution in [0.5, 0.6) is 0 Å². The predicted molar refractivity (Wildman–Crippen MR) is 81.3 cm³/mol. The summed E-state index contributed by atoms with van der Waals surface area (Å²) in [5, 5.41) is 3.74. The quantitative estimate of drug-likeness (QED) is 0.945. The largest absolute Gasteiger partial charge is 0.380 e. The summed E-state index contributed by atoms with van der Waals surface area (Å²) >= 11 is 1.35. The number of rotatable bonds is 3. The van der Waals surface area contributed by atoms with Crippen molar-refractivity contribution < 1.29 is 13.9 Å². The SMILES string of the molecule is COCc1c(C(=O)N2CCNCC2)sc2cccc(F)c12. The molecule has 0 saturated carbocycles. The van der Waals surface area contributed by atoms with Crippen molar-refractivity contribution in [2.75, 3.05) is 33.3 Å². The molecule has 0 bridgehead atoms. The van der Waals surface area contributed by atoms with Crippen LogP contribution in [0.15, 0.2) is 18.2 Å². The third kappa shape index (κ3) is 2.66. The third-order valence-electron chi connectivity index (χ3n) is 3.65. The molecule has 1 saturated heterocycles. The van der Waals surface area contributed by atoms with E-state index in [1.165, 1.54) is 17.4 Å². The number of ether oxygens (including phenoxy) is 1. The van der Waals surface area contributed by atoms with Crippen LogP contribution in [0.2, 0.25) is 0 Å². The zero-order chi connectivity index (χ0) is 14.8. The highest BCUT2D eigenvalue weighted by molar-refractivity contribution is 7.21. The van der Waals surface area contributed by atoms with Crippen LogP contribution < -0.4 is 5.32 Å². The first-order valence-electron chi connectivity index (χ1n) is 6.91. The number of amides is 1. The number of hydrogen-bond donors (Lipinski definition) is 1. The number of carbonyl (C=O) groups excluding carboxylic acids is 1. The molecule has 1 aromatic heterocycles. The molecule has 4 nitrogen and oxygen atoms in total. The van der Waals surface area contributed by atoms with Crippen molar-refractivity contribution in [3.8, 4) is 0 Å². The number of nitrogens with one attached hydrogen (secondary N) is 1. The van der Waals surface area contributed by atoms with E-state index in [4.69, 9.17) is 4.74 Å². The maximum absolute atomic E-state index is 14.1. The molecule has 1 N–H and O–H groups in total. The van der Waals surface area contributed by atoms with E-state index in [0.717, 1.165) is 17.8 Å². The summed E-state index contributed by atoms with van der Waals surface area (Å²) in [6.07, 6.45) is 0. The minimum Gasteiger partial charge on any atom is -0.380 e. The Labute approximate surface area is 126 Å². The Morgan fingerprint density at radius 1 is 1.43 bits per heavy atom. The van der Waals surface area contributed by atoms with Crippen molar-refractivity contribution >= 4 is 27.3 Å². The van der Waals surface area contributed by atoms with E-state index in [1.54, 1.807) is 13.2 Å². The van der Waals surface area contributed by atoms with Gasteiger partial charge in [0.05, 0.1) is 11.5 Å². The van der Waals surface area contributed by atoms with Crippen LogP contribution in [0.25, 0.3) is 10.1 Å². The molecule has 1 aliphatic rings.